The van der Waals surface area contributed by atoms with Gasteiger partial charge in [-0.1, -0.05) is 36.9 Å². The number of benzene rings is 2. The van der Waals surface area contributed by atoms with E-state index >= 15 is 0 Å². The quantitative estimate of drug-likeness (QED) is 0.639. The molecule has 0 aliphatic carbocycles. The van der Waals surface area contributed by atoms with Crippen LogP contribution in [0.3, 0.4) is 0 Å². The van der Waals surface area contributed by atoms with E-state index in [1.165, 1.54) is 11.8 Å². The van der Waals surface area contributed by atoms with Gasteiger partial charge in [0, 0.05) is 11.8 Å². The molecule has 33 heavy (non-hydrogen) atoms. The molecule has 1 N–H and O–H groups in total. The number of thioether (sulfide) groups is 1. The summed E-state index contributed by atoms with van der Waals surface area (Å²) in [5.74, 6) is 1.20. The first-order valence-electron chi connectivity index (χ1n) is 10.6. The number of amides is 1. The van der Waals surface area contributed by atoms with Crippen molar-refractivity contribution in [1.29, 1.82) is 0 Å². The van der Waals surface area contributed by atoms with Crippen LogP contribution in [0, 0.1) is 0 Å². The van der Waals surface area contributed by atoms with Gasteiger partial charge in [-0.25, -0.2) is 8.42 Å². The number of hydrogen-bond donors (Lipinski definition) is 1. The molecule has 1 saturated heterocycles. The third-order valence-electron chi connectivity index (χ3n) is 5.76. The zero-order valence-corrected chi connectivity index (χ0v) is 20.4. The van der Waals surface area contributed by atoms with Gasteiger partial charge in [0.1, 0.15) is 11.5 Å². The third kappa shape index (κ3) is 4.96. The number of aliphatic imine (C=N–C) groups is 1. The van der Waals surface area contributed by atoms with Crippen LogP contribution in [-0.4, -0.2) is 63.1 Å². The molecule has 0 saturated carbocycles. The lowest BCUT2D eigenvalue weighted by Gasteiger charge is -2.28. The first kappa shape index (κ1) is 23.4. The second-order valence-electron chi connectivity index (χ2n) is 7.88. The summed E-state index contributed by atoms with van der Waals surface area (Å²) in [7, 11) is -0.0617. The predicted molar refractivity (Wildman–Crippen MR) is 133 cm³/mol. The Balaban J connectivity index is 1.58. The third-order valence-corrected chi connectivity index (χ3v) is 8.42. The fourth-order valence-corrected chi connectivity index (χ4v) is 6.93. The maximum Gasteiger partial charge on any atom is 0.234 e. The molecule has 1 amide bonds. The monoisotopic (exact) mass is 489 g/mol. The van der Waals surface area contributed by atoms with Crippen molar-refractivity contribution in [3.05, 3.63) is 48.0 Å². The first-order chi connectivity index (χ1) is 15.8. The smallest absolute Gasteiger partial charge is 0.234 e. The number of methoxy groups -OCH3 is 2. The molecule has 2 atom stereocenters. The number of nitrogens with one attached hydrogen (secondary N) is 1. The standard InChI is InChI=1S/C23H27N3O5S2/c1-4-15-7-5-6-8-17(15)24-22(27)12-32-23-25-18-13-33(28,29)14-20(18)26(23)19-11-16(30-2)9-10-21(19)31-3/h5-11,18,20H,4,12-14H2,1-3H3,(H,24,27)/t18-,20+/m1/s1. The Morgan fingerprint density at radius 3 is 2.70 bits per heavy atom. The molecule has 0 bridgehead atoms. The molecular weight excluding hydrogens is 462 g/mol. The number of amidine groups is 1. The summed E-state index contributed by atoms with van der Waals surface area (Å²) in [5, 5.41) is 3.57. The Morgan fingerprint density at radius 1 is 1.18 bits per heavy atom. The molecular formula is C23H27N3O5S2. The van der Waals surface area contributed by atoms with Gasteiger partial charge in [-0.15, -0.1) is 0 Å². The highest BCUT2D eigenvalue weighted by Gasteiger charge is 2.48. The minimum atomic E-state index is -3.19. The molecule has 0 radical (unpaired) electrons. The molecule has 176 valence electrons. The SMILES string of the molecule is CCc1ccccc1NC(=O)CSC1=N[C@@H]2CS(=O)(=O)C[C@@H]2N1c1cc(OC)ccc1OC. The van der Waals surface area contributed by atoms with E-state index < -0.39 is 9.84 Å². The average molecular weight is 490 g/mol. The summed E-state index contributed by atoms with van der Waals surface area (Å²) in [5.41, 5.74) is 2.54. The number of anilines is 2. The van der Waals surface area contributed by atoms with Crippen LogP contribution in [0.4, 0.5) is 11.4 Å². The number of aryl methyl sites for hydroxylation is 1. The summed E-state index contributed by atoms with van der Waals surface area (Å²) in [6.45, 7) is 2.04. The summed E-state index contributed by atoms with van der Waals surface area (Å²) in [4.78, 5) is 19.3. The van der Waals surface area contributed by atoms with Crippen molar-refractivity contribution in [2.45, 2.75) is 25.4 Å². The fourth-order valence-electron chi connectivity index (χ4n) is 4.17. The lowest BCUT2D eigenvalue weighted by molar-refractivity contribution is -0.113. The molecule has 8 nitrogen and oxygen atoms in total. The van der Waals surface area contributed by atoms with Gasteiger partial charge in [-0.3, -0.25) is 9.79 Å². The van der Waals surface area contributed by atoms with Gasteiger partial charge in [0.15, 0.2) is 15.0 Å². The number of sulfone groups is 1. The van der Waals surface area contributed by atoms with E-state index in [1.807, 2.05) is 36.1 Å². The molecule has 2 aromatic carbocycles. The Hall–Kier alpha value is -2.72. The van der Waals surface area contributed by atoms with Gasteiger partial charge < -0.3 is 19.7 Å². The first-order valence-corrected chi connectivity index (χ1v) is 13.5. The molecule has 2 aliphatic rings. The van der Waals surface area contributed by atoms with Crippen LogP contribution in [0.15, 0.2) is 47.5 Å². The van der Waals surface area contributed by atoms with Gasteiger partial charge in [0.25, 0.3) is 0 Å². The second kappa shape index (κ2) is 9.64. The van der Waals surface area contributed by atoms with Crippen molar-refractivity contribution in [3.63, 3.8) is 0 Å². The number of carbonyl (C=O) groups excluding carboxylic acids is 1. The minimum Gasteiger partial charge on any atom is -0.497 e. The van der Waals surface area contributed by atoms with Crippen molar-refractivity contribution in [2.75, 3.05) is 41.7 Å². The van der Waals surface area contributed by atoms with Gasteiger partial charge in [0.05, 0.1) is 49.2 Å². The van der Waals surface area contributed by atoms with E-state index in [2.05, 4.69) is 5.32 Å². The van der Waals surface area contributed by atoms with Crippen molar-refractivity contribution < 1.29 is 22.7 Å². The summed E-state index contributed by atoms with van der Waals surface area (Å²) < 4.78 is 35.5. The number of para-hydroxylation sites is 1. The van der Waals surface area contributed by atoms with E-state index in [0.717, 1.165) is 17.7 Å². The van der Waals surface area contributed by atoms with Crippen LogP contribution in [0.25, 0.3) is 0 Å². The normalized spacial score (nSPS) is 20.8. The summed E-state index contributed by atoms with van der Waals surface area (Å²) in [6, 6.07) is 12.4. The Labute approximate surface area is 198 Å². The minimum absolute atomic E-state index is 0.000578. The van der Waals surface area contributed by atoms with Gasteiger partial charge in [-0.2, -0.15) is 0 Å². The maximum atomic E-state index is 12.7. The Morgan fingerprint density at radius 2 is 1.97 bits per heavy atom. The highest BCUT2D eigenvalue weighted by Crippen LogP contribution is 2.41. The highest BCUT2D eigenvalue weighted by molar-refractivity contribution is 8.14. The van der Waals surface area contributed by atoms with Crippen LogP contribution in [0.2, 0.25) is 0 Å². The second-order valence-corrected chi connectivity index (χ2v) is 11.0. The Bertz CT molecular complexity index is 1180. The van der Waals surface area contributed by atoms with Crippen molar-refractivity contribution >= 4 is 44.0 Å². The molecule has 0 unspecified atom stereocenters. The number of rotatable bonds is 7. The number of carbonyl (C=O) groups is 1. The molecule has 4 rings (SSSR count). The lowest BCUT2D eigenvalue weighted by Crippen LogP contribution is -2.39. The van der Waals surface area contributed by atoms with E-state index in [-0.39, 0.29) is 35.2 Å². The average Bonchev–Trinajstić information content (AvgIpc) is 3.28. The predicted octanol–water partition coefficient (Wildman–Crippen LogP) is 2.98. The van der Waals surface area contributed by atoms with E-state index in [1.54, 1.807) is 32.4 Å². The largest absolute Gasteiger partial charge is 0.497 e. The topological polar surface area (TPSA) is 97.3 Å². The van der Waals surface area contributed by atoms with Crippen molar-refractivity contribution in [2.24, 2.45) is 4.99 Å². The van der Waals surface area contributed by atoms with Gasteiger partial charge >= 0.3 is 0 Å². The molecule has 2 heterocycles. The number of fused-ring (bicyclic) bond motifs is 1. The summed E-state index contributed by atoms with van der Waals surface area (Å²) in [6.07, 6.45) is 0.817. The molecule has 10 heteroatoms. The van der Waals surface area contributed by atoms with Crippen molar-refractivity contribution in [1.82, 2.24) is 0 Å². The zero-order valence-electron chi connectivity index (χ0n) is 18.8. The maximum absolute atomic E-state index is 12.7. The molecule has 0 spiro atoms. The number of hydrogen-bond acceptors (Lipinski definition) is 8. The highest BCUT2D eigenvalue weighted by atomic mass is 32.2. The van der Waals surface area contributed by atoms with Crippen LogP contribution < -0.4 is 19.7 Å². The lowest BCUT2D eigenvalue weighted by atomic mass is 10.1. The molecule has 0 aromatic heterocycles. The van der Waals surface area contributed by atoms with Gasteiger partial charge in [-0.05, 0) is 30.2 Å². The van der Waals surface area contributed by atoms with Gasteiger partial charge in [0.2, 0.25) is 5.91 Å². The van der Waals surface area contributed by atoms with E-state index in [9.17, 15) is 13.2 Å². The fraction of sp³-hybridized carbons (Fsp3) is 0.391. The van der Waals surface area contributed by atoms with Crippen LogP contribution in [0.5, 0.6) is 11.5 Å². The van der Waals surface area contributed by atoms with E-state index in [4.69, 9.17) is 14.5 Å². The zero-order chi connectivity index (χ0) is 23.6. The van der Waals surface area contributed by atoms with Crippen LogP contribution in [-0.2, 0) is 21.1 Å². The molecule has 2 aliphatic heterocycles. The number of ether oxygens (including phenoxy) is 2. The van der Waals surface area contributed by atoms with Crippen LogP contribution in [0.1, 0.15) is 12.5 Å². The molecule has 2 aromatic rings. The summed E-state index contributed by atoms with van der Waals surface area (Å²) >= 11 is 1.29. The number of nitrogens with zero attached hydrogens (tertiary/aromatic N) is 2. The van der Waals surface area contributed by atoms with E-state index in [0.29, 0.717) is 22.4 Å². The molecule has 1 fully saturated rings. The Kier molecular flexibility index (Phi) is 6.85. The van der Waals surface area contributed by atoms with Crippen molar-refractivity contribution in [3.8, 4) is 11.5 Å². The van der Waals surface area contributed by atoms with Crippen LogP contribution >= 0.6 is 11.8 Å².